The van der Waals surface area contributed by atoms with Gasteiger partial charge in [0.25, 0.3) is 11.8 Å². The molecule has 1 aliphatic carbocycles. The van der Waals surface area contributed by atoms with Gasteiger partial charge in [-0.05, 0) is 23.3 Å². The SMILES string of the molecule is COC(=O)[C@@H]1C[C@@H](OC)CN1C(=O)CNC(=O)c1ccc2c(c1)-c1ccccc1C2(F)F. The number of nitrogens with zero attached hydrogens (tertiary/aromatic N) is 1. The minimum absolute atomic E-state index is 0.0988. The lowest BCUT2D eigenvalue weighted by Gasteiger charge is -2.22. The minimum Gasteiger partial charge on any atom is -0.467 e. The van der Waals surface area contributed by atoms with Crippen molar-refractivity contribution >= 4 is 17.8 Å². The van der Waals surface area contributed by atoms with Crippen LogP contribution >= 0.6 is 0 Å². The van der Waals surface area contributed by atoms with Crippen LogP contribution in [0.1, 0.15) is 27.9 Å². The number of hydrogen-bond donors (Lipinski definition) is 1. The van der Waals surface area contributed by atoms with E-state index in [2.05, 4.69) is 5.32 Å². The van der Waals surface area contributed by atoms with Crippen molar-refractivity contribution in [2.45, 2.75) is 24.5 Å². The number of hydrogen-bond acceptors (Lipinski definition) is 5. The van der Waals surface area contributed by atoms with Gasteiger partial charge in [-0.3, -0.25) is 9.59 Å². The Morgan fingerprint density at radius 3 is 2.53 bits per heavy atom. The van der Waals surface area contributed by atoms with Crippen LogP contribution in [0.2, 0.25) is 0 Å². The zero-order valence-corrected chi connectivity index (χ0v) is 17.6. The molecule has 0 unspecified atom stereocenters. The monoisotopic (exact) mass is 444 g/mol. The lowest BCUT2D eigenvalue weighted by Crippen LogP contribution is -2.46. The van der Waals surface area contributed by atoms with Gasteiger partial charge in [-0.25, -0.2) is 4.79 Å². The highest BCUT2D eigenvalue weighted by molar-refractivity contribution is 5.99. The number of halogens is 2. The lowest BCUT2D eigenvalue weighted by molar-refractivity contribution is -0.150. The summed E-state index contributed by atoms with van der Waals surface area (Å²) in [6, 6.07) is 9.34. The van der Waals surface area contributed by atoms with E-state index in [1.165, 1.54) is 43.4 Å². The Balaban J connectivity index is 1.48. The zero-order chi connectivity index (χ0) is 23.0. The van der Waals surface area contributed by atoms with E-state index in [0.717, 1.165) is 0 Å². The molecule has 1 N–H and O–H groups in total. The van der Waals surface area contributed by atoms with Crippen LogP contribution in [-0.2, 0) is 25.0 Å². The van der Waals surface area contributed by atoms with E-state index in [9.17, 15) is 23.2 Å². The normalized spacial score (nSPS) is 20.4. The van der Waals surface area contributed by atoms with Crippen molar-refractivity contribution < 1.29 is 32.6 Å². The molecule has 0 saturated carbocycles. The first kappa shape index (κ1) is 21.9. The maximum Gasteiger partial charge on any atom is 0.328 e. The molecule has 32 heavy (non-hydrogen) atoms. The standard InChI is InChI=1S/C23H22F2N2O5/c1-31-14-10-19(22(30)32-2)27(12-14)20(28)11-26-21(29)13-7-8-18-16(9-13)15-5-3-4-6-17(15)23(18,24)25/h3-9,14,19H,10-12H2,1-2H3,(H,26,29)/t14-,19+/m1/s1. The number of alkyl halides is 2. The quantitative estimate of drug-likeness (QED) is 0.716. The highest BCUT2D eigenvalue weighted by Crippen LogP contribution is 2.50. The number of rotatable bonds is 5. The highest BCUT2D eigenvalue weighted by atomic mass is 19.3. The molecule has 0 bridgehead atoms. The molecule has 2 aromatic carbocycles. The van der Waals surface area contributed by atoms with Crippen LogP contribution in [0, 0.1) is 0 Å². The fourth-order valence-corrected chi connectivity index (χ4v) is 4.28. The van der Waals surface area contributed by atoms with Gasteiger partial charge in [0.2, 0.25) is 5.91 Å². The first-order valence-corrected chi connectivity index (χ1v) is 10.1. The van der Waals surface area contributed by atoms with E-state index in [4.69, 9.17) is 9.47 Å². The van der Waals surface area contributed by atoms with Crippen LogP contribution in [0.3, 0.4) is 0 Å². The van der Waals surface area contributed by atoms with Crippen LogP contribution in [0.25, 0.3) is 11.1 Å². The summed E-state index contributed by atoms with van der Waals surface area (Å²) in [6.45, 7) is -0.151. The van der Waals surface area contributed by atoms with Gasteiger partial charge in [0.15, 0.2) is 0 Å². The molecule has 0 radical (unpaired) electrons. The summed E-state index contributed by atoms with van der Waals surface area (Å²) in [6.07, 6.45) is -0.00130. The third kappa shape index (κ3) is 3.62. The van der Waals surface area contributed by atoms with Gasteiger partial charge in [0, 0.05) is 36.8 Å². The van der Waals surface area contributed by atoms with Gasteiger partial charge in [-0.15, -0.1) is 0 Å². The Morgan fingerprint density at radius 1 is 1.09 bits per heavy atom. The second-order valence-corrected chi connectivity index (χ2v) is 7.74. The average Bonchev–Trinajstić information content (AvgIpc) is 3.34. The fourth-order valence-electron chi connectivity index (χ4n) is 4.28. The summed E-state index contributed by atoms with van der Waals surface area (Å²) >= 11 is 0. The number of benzene rings is 2. The topological polar surface area (TPSA) is 84.9 Å². The summed E-state index contributed by atoms with van der Waals surface area (Å²) in [5.74, 6) is -4.73. The van der Waals surface area contributed by atoms with Crippen LogP contribution in [-0.4, -0.2) is 62.1 Å². The third-order valence-electron chi connectivity index (χ3n) is 5.97. The molecule has 2 amide bonds. The predicted octanol–water partition coefficient (Wildman–Crippen LogP) is 2.33. The van der Waals surface area contributed by atoms with Crippen molar-refractivity contribution in [3.63, 3.8) is 0 Å². The van der Waals surface area contributed by atoms with Crippen molar-refractivity contribution in [2.24, 2.45) is 0 Å². The van der Waals surface area contributed by atoms with E-state index in [1.54, 1.807) is 18.2 Å². The van der Waals surface area contributed by atoms with Crippen LogP contribution in [0.15, 0.2) is 42.5 Å². The van der Waals surface area contributed by atoms with E-state index in [-0.39, 0.29) is 41.4 Å². The zero-order valence-electron chi connectivity index (χ0n) is 17.6. The fraction of sp³-hybridized carbons (Fsp3) is 0.348. The van der Waals surface area contributed by atoms with Crippen molar-refractivity contribution in [1.29, 1.82) is 0 Å². The number of likely N-dealkylation sites (tertiary alicyclic amines) is 1. The Hall–Kier alpha value is -3.33. The summed E-state index contributed by atoms with van der Waals surface area (Å²) in [5.41, 5.74) is 0.567. The number of fused-ring (bicyclic) bond motifs is 3. The number of carbonyl (C=O) groups is 3. The molecule has 1 fully saturated rings. The lowest BCUT2D eigenvalue weighted by atomic mass is 10.0. The molecule has 7 nitrogen and oxygen atoms in total. The largest absolute Gasteiger partial charge is 0.467 e. The highest BCUT2D eigenvalue weighted by Gasteiger charge is 2.44. The number of methoxy groups -OCH3 is 2. The second-order valence-electron chi connectivity index (χ2n) is 7.74. The summed E-state index contributed by atoms with van der Waals surface area (Å²) in [4.78, 5) is 38.6. The molecule has 2 atom stereocenters. The first-order valence-electron chi connectivity index (χ1n) is 10.1. The number of amides is 2. The van der Waals surface area contributed by atoms with Gasteiger partial charge >= 0.3 is 5.97 Å². The van der Waals surface area contributed by atoms with Gasteiger partial charge in [-0.2, -0.15) is 8.78 Å². The Morgan fingerprint density at radius 2 is 1.81 bits per heavy atom. The molecule has 1 saturated heterocycles. The summed E-state index contributed by atoms with van der Waals surface area (Å²) in [5, 5.41) is 2.51. The van der Waals surface area contributed by atoms with E-state index in [1.807, 2.05) is 0 Å². The van der Waals surface area contributed by atoms with Crippen LogP contribution in [0.5, 0.6) is 0 Å². The molecule has 4 rings (SSSR count). The molecule has 1 aliphatic heterocycles. The molecule has 2 aromatic rings. The van der Waals surface area contributed by atoms with Crippen LogP contribution < -0.4 is 5.32 Å². The maximum absolute atomic E-state index is 14.7. The van der Waals surface area contributed by atoms with Crippen molar-refractivity contribution in [3.05, 3.63) is 59.2 Å². The second kappa shape index (κ2) is 8.31. The van der Waals surface area contributed by atoms with Crippen molar-refractivity contribution in [1.82, 2.24) is 10.2 Å². The number of ether oxygens (including phenoxy) is 2. The number of esters is 1. The molecule has 9 heteroatoms. The first-order chi connectivity index (χ1) is 15.3. The van der Waals surface area contributed by atoms with Crippen LogP contribution in [0.4, 0.5) is 8.78 Å². The molecule has 0 spiro atoms. The van der Waals surface area contributed by atoms with E-state index in [0.29, 0.717) is 12.0 Å². The maximum atomic E-state index is 14.7. The minimum atomic E-state index is -3.13. The van der Waals surface area contributed by atoms with Gasteiger partial charge in [-0.1, -0.05) is 30.3 Å². The Labute approximate surface area is 183 Å². The van der Waals surface area contributed by atoms with Gasteiger partial charge in [0.1, 0.15) is 6.04 Å². The third-order valence-corrected chi connectivity index (χ3v) is 5.97. The average molecular weight is 444 g/mol. The molecule has 2 aliphatic rings. The van der Waals surface area contributed by atoms with E-state index < -0.39 is 29.7 Å². The molecule has 1 heterocycles. The predicted molar refractivity (Wildman–Crippen MR) is 110 cm³/mol. The number of nitrogens with one attached hydrogen (secondary N) is 1. The summed E-state index contributed by atoms with van der Waals surface area (Å²) in [7, 11) is 2.73. The molecule has 0 aromatic heterocycles. The van der Waals surface area contributed by atoms with E-state index >= 15 is 0 Å². The Kier molecular flexibility index (Phi) is 5.68. The molecular weight excluding hydrogens is 422 g/mol. The number of carbonyl (C=O) groups excluding carboxylic acids is 3. The van der Waals surface area contributed by atoms with Crippen molar-refractivity contribution in [2.75, 3.05) is 27.3 Å². The smallest absolute Gasteiger partial charge is 0.328 e. The molecular formula is C23H22F2N2O5. The summed E-state index contributed by atoms with van der Waals surface area (Å²) < 4.78 is 39.4. The molecule has 168 valence electrons. The Bertz CT molecular complexity index is 1090. The van der Waals surface area contributed by atoms with Gasteiger partial charge < -0.3 is 19.7 Å². The van der Waals surface area contributed by atoms with Crippen molar-refractivity contribution in [3.8, 4) is 11.1 Å². The van der Waals surface area contributed by atoms with Gasteiger partial charge in [0.05, 0.1) is 19.8 Å².